The summed E-state index contributed by atoms with van der Waals surface area (Å²) in [5, 5.41) is 0.633. The number of halogens is 1. The van der Waals surface area contributed by atoms with Gasteiger partial charge in [0, 0.05) is 60.7 Å². The third kappa shape index (κ3) is 5.38. The zero-order valence-corrected chi connectivity index (χ0v) is 21.6. The highest BCUT2D eigenvalue weighted by atomic mass is 35.5. The molecule has 2 aliphatic heterocycles. The van der Waals surface area contributed by atoms with Crippen molar-refractivity contribution < 1.29 is 13.2 Å². The van der Waals surface area contributed by atoms with Crippen LogP contribution < -0.4 is 4.90 Å². The smallest absolute Gasteiger partial charge is 0.253 e. The van der Waals surface area contributed by atoms with Crippen molar-refractivity contribution in [3.8, 4) is 10.4 Å². The Bertz CT molecular complexity index is 1270. The molecule has 3 aromatic rings. The van der Waals surface area contributed by atoms with Crippen molar-refractivity contribution in [2.45, 2.75) is 17.1 Å². The van der Waals surface area contributed by atoms with Crippen molar-refractivity contribution in [3.05, 3.63) is 65.9 Å². The Hall–Kier alpha value is -2.46. The van der Waals surface area contributed by atoms with Crippen LogP contribution in [0.3, 0.4) is 0 Å². The molecule has 0 atom stereocenters. The van der Waals surface area contributed by atoms with Gasteiger partial charge in [-0.3, -0.25) is 9.78 Å². The Morgan fingerprint density at radius 2 is 1.66 bits per heavy atom. The van der Waals surface area contributed by atoms with Crippen LogP contribution in [0.4, 0.5) is 5.69 Å². The molecule has 0 spiro atoms. The minimum atomic E-state index is -3.72. The number of amides is 1. The van der Waals surface area contributed by atoms with Gasteiger partial charge in [-0.1, -0.05) is 23.7 Å². The lowest BCUT2D eigenvalue weighted by Crippen LogP contribution is -2.53. The molecule has 2 fully saturated rings. The van der Waals surface area contributed by atoms with Crippen LogP contribution in [0.15, 0.2) is 65.1 Å². The highest BCUT2D eigenvalue weighted by molar-refractivity contribution is 7.91. The monoisotopic (exact) mass is 530 g/mol. The number of carbonyl (C=O) groups is 1. The van der Waals surface area contributed by atoms with E-state index in [1.807, 2.05) is 41.6 Å². The first-order valence-corrected chi connectivity index (χ1v) is 14.3. The van der Waals surface area contributed by atoms with Gasteiger partial charge in [-0.2, -0.15) is 4.31 Å². The Morgan fingerprint density at radius 3 is 2.34 bits per heavy atom. The van der Waals surface area contributed by atoms with E-state index >= 15 is 0 Å². The summed E-state index contributed by atoms with van der Waals surface area (Å²) >= 11 is 7.17. The molecule has 1 amide bonds. The van der Waals surface area contributed by atoms with Crippen molar-refractivity contribution in [1.82, 2.24) is 14.2 Å². The third-order valence-corrected chi connectivity index (χ3v) is 10.4. The van der Waals surface area contributed by atoms with Crippen LogP contribution in [0.25, 0.3) is 10.4 Å². The molecular weight excluding hydrogens is 504 g/mol. The molecule has 2 saturated heterocycles. The van der Waals surface area contributed by atoms with Gasteiger partial charge in [0.05, 0.1) is 6.54 Å². The number of thiophene rings is 1. The molecule has 0 unspecified atom stereocenters. The number of benzene rings is 1. The summed E-state index contributed by atoms with van der Waals surface area (Å²) in [6.07, 6.45) is 5.64. The van der Waals surface area contributed by atoms with E-state index in [1.165, 1.54) is 21.3 Å². The predicted octanol–water partition coefficient (Wildman–Crippen LogP) is 4.21. The standard InChI is InChI=1S/C25H27ClN4O3S2/c26-21-3-1-20(2-4-21)23-5-6-25(34-23)35(32,33)30-16-15-29(24(31)18-30)17-19-9-13-28(14-10-19)22-7-11-27-12-8-22/h1-8,11-12,19H,9-10,13-18H2. The van der Waals surface area contributed by atoms with Crippen LogP contribution in [0.1, 0.15) is 12.8 Å². The Labute approximate surface area is 215 Å². The molecule has 0 saturated carbocycles. The molecule has 184 valence electrons. The van der Waals surface area contributed by atoms with Crippen LogP contribution in [0.5, 0.6) is 0 Å². The molecule has 2 aromatic heterocycles. The summed E-state index contributed by atoms with van der Waals surface area (Å²) in [7, 11) is -3.72. The number of nitrogens with zero attached hydrogens (tertiary/aromatic N) is 4. The molecule has 7 nitrogen and oxygen atoms in total. The number of piperazine rings is 1. The van der Waals surface area contributed by atoms with Gasteiger partial charge < -0.3 is 9.80 Å². The van der Waals surface area contributed by atoms with Gasteiger partial charge in [0.1, 0.15) is 4.21 Å². The normalized spacial score (nSPS) is 18.3. The second-order valence-electron chi connectivity index (χ2n) is 8.94. The summed E-state index contributed by atoms with van der Waals surface area (Å²) < 4.78 is 28.0. The van der Waals surface area contributed by atoms with Crippen molar-refractivity contribution in [3.63, 3.8) is 0 Å². The molecule has 0 aliphatic carbocycles. The maximum Gasteiger partial charge on any atom is 0.253 e. The quantitative estimate of drug-likeness (QED) is 0.477. The summed E-state index contributed by atoms with van der Waals surface area (Å²) in [4.78, 5) is 22.0. The van der Waals surface area contributed by atoms with E-state index in [4.69, 9.17) is 11.6 Å². The van der Waals surface area contributed by atoms with Gasteiger partial charge in [-0.15, -0.1) is 11.3 Å². The maximum absolute atomic E-state index is 13.2. The molecule has 0 N–H and O–H groups in total. The van der Waals surface area contributed by atoms with E-state index in [1.54, 1.807) is 24.3 Å². The second kappa shape index (κ2) is 10.3. The minimum absolute atomic E-state index is 0.105. The highest BCUT2D eigenvalue weighted by Crippen LogP contribution is 2.33. The molecule has 10 heteroatoms. The van der Waals surface area contributed by atoms with Crippen LogP contribution in [0.2, 0.25) is 5.02 Å². The van der Waals surface area contributed by atoms with Crippen LogP contribution in [0, 0.1) is 5.92 Å². The number of anilines is 1. The van der Waals surface area contributed by atoms with Crippen molar-refractivity contribution in [2.75, 3.05) is 44.2 Å². The van der Waals surface area contributed by atoms with E-state index in [0.29, 0.717) is 30.6 Å². The Morgan fingerprint density at radius 1 is 0.943 bits per heavy atom. The highest BCUT2D eigenvalue weighted by Gasteiger charge is 2.35. The molecular formula is C25H27ClN4O3S2. The topological polar surface area (TPSA) is 73.8 Å². The first kappa shape index (κ1) is 24.2. The summed E-state index contributed by atoms with van der Waals surface area (Å²) in [6, 6.07) is 14.8. The number of hydrogen-bond donors (Lipinski definition) is 0. The molecule has 0 bridgehead atoms. The SMILES string of the molecule is O=C1CN(S(=O)(=O)c2ccc(-c3ccc(Cl)cc3)s2)CCN1CC1CCN(c2ccncc2)CC1. The molecule has 2 aliphatic rings. The van der Waals surface area contributed by atoms with Crippen molar-refractivity contribution in [1.29, 1.82) is 0 Å². The Kier molecular flexibility index (Phi) is 7.11. The fraction of sp³-hybridized carbons (Fsp3) is 0.360. The van der Waals surface area contributed by atoms with E-state index < -0.39 is 10.0 Å². The lowest BCUT2D eigenvalue weighted by atomic mass is 9.95. The van der Waals surface area contributed by atoms with Gasteiger partial charge in [-0.05, 0) is 60.7 Å². The summed E-state index contributed by atoms with van der Waals surface area (Å²) in [5.74, 6) is 0.310. The molecule has 35 heavy (non-hydrogen) atoms. The molecule has 0 radical (unpaired) electrons. The van der Waals surface area contributed by atoms with Gasteiger partial charge >= 0.3 is 0 Å². The molecule has 4 heterocycles. The average molecular weight is 531 g/mol. The maximum atomic E-state index is 13.2. The third-order valence-electron chi connectivity index (χ3n) is 6.71. The first-order chi connectivity index (χ1) is 16.9. The molecule has 1 aromatic carbocycles. The number of carbonyl (C=O) groups excluding carboxylic acids is 1. The van der Waals surface area contributed by atoms with Crippen molar-refractivity contribution >= 4 is 44.6 Å². The number of rotatable bonds is 6. The Balaban J connectivity index is 1.17. The van der Waals surface area contributed by atoms with Crippen molar-refractivity contribution in [2.24, 2.45) is 5.92 Å². The molecule has 5 rings (SSSR count). The number of sulfonamides is 1. The first-order valence-electron chi connectivity index (χ1n) is 11.7. The number of aromatic nitrogens is 1. The fourth-order valence-electron chi connectivity index (χ4n) is 4.68. The second-order valence-corrected chi connectivity index (χ2v) is 12.6. The van der Waals surface area contributed by atoms with E-state index in [9.17, 15) is 13.2 Å². The van der Waals surface area contributed by atoms with Crippen LogP contribution >= 0.6 is 22.9 Å². The largest absolute Gasteiger partial charge is 0.371 e. The van der Waals surface area contributed by atoms with Crippen LogP contribution in [-0.2, 0) is 14.8 Å². The number of piperidine rings is 1. The minimum Gasteiger partial charge on any atom is -0.371 e. The lowest BCUT2D eigenvalue weighted by molar-refractivity contribution is -0.134. The zero-order valence-electron chi connectivity index (χ0n) is 19.2. The van der Waals surface area contributed by atoms with E-state index in [2.05, 4.69) is 9.88 Å². The van der Waals surface area contributed by atoms with Gasteiger partial charge in [0.25, 0.3) is 10.0 Å². The average Bonchev–Trinajstić information content (AvgIpc) is 3.38. The van der Waals surface area contributed by atoms with Gasteiger partial charge in [0.2, 0.25) is 5.91 Å². The summed E-state index contributed by atoms with van der Waals surface area (Å²) in [6.45, 7) is 3.23. The van der Waals surface area contributed by atoms with Gasteiger partial charge in [0.15, 0.2) is 0 Å². The predicted molar refractivity (Wildman–Crippen MR) is 139 cm³/mol. The fourth-order valence-corrected chi connectivity index (χ4v) is 7.65. The summed E-state index contributed by atoms with van der Waals surface area (Å²) in [5.41, 5.74) is 2.10. The number of hydrogen-bond acceptors (Lipinski definition) is 6. The number of pyridine rings is 1. The van der Waals surface area contributed by atoms with E-state index in [-0.39, 0.29) is 16.7 Å². The van der Waals surface area contributed by atoms with E-state index in [0.717, 1.165) is 36.4 Å². The van der Waals surface area contributed by atoms with Crippen LogP contribution in [-0.4, -0.2) is 67.8 Å². The van der Waals surface area contributed by atoms with Gasteiger partial charge in [-0.25, -0.2) is 8.42 Å². The zero-order chi connectivity index (χ0) is 24.4. The lowest BCUT2D eigenvalue weighted by Gasteiger charge is -2.38.